The molecular formula is C10H8ClN2NaO2S. The van der Waals surface area contributed by atoms with Gasteiger partial charge in [-0.2, -0.15) is 5.10 Å². The van der Waals surface area contributed by atoms with E-state index < -0.39 is 11.1 Å². The first-order valence-corrected chi connectivity index (χ1v) is 5.94. The van der Waals surface area contributed by atoms with Crippen molar-refractivity contribution < 1.29 is 38.3 Å². The predicted molar refractivity (Wildman–Crippen MR) is 60.5 cm³/mol. The number of hydrogen-bond acceptors (Lipinski definition) is 3. The molecule has 2 rings (SSSR count). The number of benzene rings is 1. The molecule has 0 amide bonds. The van der Waals surface area contributed by atoms with Crippen LogP contribution in [-0.2, 0) is 11.1 Å². The van der Waals surface area contributed by atoms with E-state index >= 15 is 0 Å². The van der Waals surface area contributed by atoms with Crippen molar-refractivity contribution in [2.45, 2.75) is 11.8 Å². The molecule has 7 heteroatoms. The molecule has 0 bridgehead atoms. The fourth-order valence-electron chi connectivity index (χ4n) is 1.40. The Kier molecular flexibility index (Phi) is 5.37. The van der Waals surface area contributed by atoms with E-state index in [4.69, 9.17) is 11.6 Å². The van der Waals surface area contributed by atoms with Crippen LogP contribution in [0.3, 0.4) is 0 Å². The normalized spacial score (nSPS) is 11.9. The van der Waals surface area contributed by atoms with Gasteiger partial charge >= 0.3 is 29.6 Å². The minimum absolute atomic E-state index is 0. The van der Waals surface area contributed by atoms with Gasteiger partial charge in [-0.3, -0.25) is 4.21 Å². The van der Waals surface area contributed by atoms with E-state index in [-0.39, 0.29) is 34.5 Å². The average Bonchev–Trinajstić information content (AvgIpc) is 2.61. The Labute approximate surface area is 129 Å². The van der Waals surface area contributed by atoms with Crippen LogP contribution >= 0.6 is 11.6 Å². The van der Waals surface area contributed by atoms with E-state index in [2.05, 4.69) is 5.10 Å². The topological polar surface area (TPSA) is 57.9 Å². The molecule has 1 unspecified atom stereocenters. The Balaban J connectivity index is 0.00000144. The van der Waals surface area contributed by atoms with E-state index in [0.717, 1.165) is 5.69 Å². The summed E-state index contributed by atoms with van der Waals surface area (Å²) in [5, 5.41) is 4.64. The van der Waals surface area contributed by atoms with Gasteiger partial charge < -0.3 is 4.55 Å². The maximum atomic E-state index is 10.8. The second kappa shape index (κ2) is 6.13. The van der Waals surface area contributed by atoms with Crippen molar-refractivity contribution >= 4 is 22.7 Å². The minimum Gasteiger partial charge on any atom is -0.768 e. The second-order valence-corrected chi connectivity index (χ2v) is 4.56. The molecule has 0 aliphatic rings. The van der Waals surface area contributed by atoms with Crippen LogP contribution in [0.15, 0.2) is 35.4 Å². The van der Waals surface area contributed by atoms with Gasteiger partial charge in [0.05, 0.1) is 22.5 Å². The van der Waals surface area contributed by atoms with Crippen LogP contribution in [0.1, 0.15) is 5.69 Å². The molecular weight excluding hydrogens is 271 g/mol. The molecule has 1 heterocycles. The third kappa shape index (κ3) is 3.19. The Hall–Kier alpha value is -0.170. The average molecular weight is 279 g/mol. The van der Waals surface area contributed by atoms with Gasteiger partial charge in [0, 0.05) is 5.02 Å². The number of nitrogens with zero attached hydrogens (tertiary/aromatic N) is 2. The summed E-state index contributed by atoms with van der Waals surface area (Å²) in [5.41, 5.74) is 1.36. The molecule has 1 aromatic carbocycles. The van der Waals surface area contributed by atoms with Crippen molar-refractivity contribution in [2.24, 2.45) is 0 Å². The predicted octanol–water partition coefficient (Wildman–Crippen LogP) is -0.924. The van der Waals surface area contributed by atoms with Gasteiger partial charge in [-0.05, 0) is 42.3 Å². The Morgan fingerprint density at radius 3 is 2.41 bits per heavy atom. The SMILES string of the molecule is Cc1c(S(=O)[O-])cnn1-c1ccc(Cl)cc1.[Na+]. The monoisotopic (exact) mass is 278 g/mol. The summed E-state index contributed by atoms with van der Waals surface area (Å²) in [6, 6.07) is 7.01. The molecule has 0 aliphatic heterocycles. The molecule has 0 fully saturated rings. The number of rotatable bonds is 2. The number of hydrogen-bond donors (Lipinski definition) is 0. The van der Waals surface area contributed by atoms with Crippen LogP contribution < -0.4 is 29.6 Å². The molecule has 0 saturated heterocycles. The van der Waals surface area contributed by atoms with Crippen LogP contribution in [0.5, 0.6) is 0 Å². The van der Waals surface area contributed by atoms with Gasteiger partial charge in [-0.1, -0.05) is 11.6 Å². The first-order valence-electron chi connectivity index (χ1n) is 4.49. The summed E-state index contributed by atoms with van der Waals surface area (Å²) in [7, 11) is 0. The summed E-state index contributed by atoms with van der Waals surface area (Å²) >= 11 is 3.51. The van der Waals surface area contributed by atoms with Gasteiger partial charge in [-0.15, -0.1) is 0 Å². The molecule has 0 N–H and O–H groups in total. The van der Waals surface area contributed by atoms with Crippen molar-refractivity contribution in [2.75, 3.05) is 0 Å². The quantitative estimate of drug-likeness (QED) is 0.527. The first-order chi connectivity index (χ1) is 7.59. The Morgan fingerprint density at radius 2 is 1.94 bits per heavy atom. The molecule has 4 nitrogen and oxygen atoms in total. The molecule has 84 valence electrons. The molecule has 0 saturated carbocycles. The smallest absolute Gasteiger partial charge is 0.768 e. The number of halogens is 1. The fourth-order valence-corrected chi connectivity index (χ4v) is 1.99. The summed E-state index contributed by atoms with van der Waals surface area (Å²) in [4.78, 5) is 0.204. The molecule has 2 aromatic rings. The molecule has 0 aliphatic carbocycles. The summed E-state index contributed by atoms with van der Waals surface area (Å²) in [6.07, 6.45) is 1.33. The third-order valence-corrected chi connectivity index (χ3v) is 3.23. The molecule has 1 atom stereocenters. The number of aromatic nitrogens is 2. The maximum Gasteiger partial charge on any atom is 1.00 e. The van der Waals surface area contributed by atoms with Crippen LogP contribution in [0, 0.1) is 6.92 Å². The minimum atomic E-state index is -2.26. The van der Waals surface area contributed by atoms with Gasteiger partial charge in [-0.25, -0.2) is 4.68 Å². The standard InChI is InChI=1S/C10H9ClN2O2S.Na/c1-7-10(16(14)15)6-12-13(7)9-4-2-8(11)3-5-9;/h2-6H,1H3,(H,14,15);/q;+1/p-1. The van der Waals surface area contributed by atoms with Crippen LogP contribution in [0.4, 0.5) is 0 Å². The van der Waals surface area contributed by atoms with Crippen molar-refractivity contribution in [1.29, 1.82) is 0 Å². The molecule has 0 radical (unpaired) electrons. The molecule has 0 spiro atoms. The van der Waals surface area contributed by atoms with E-state index in [0.29, 0.717) is 10.7 Å². The van der Waals surface area contributed by atoms with E-state index in [9.17, 15) is 8.76 Å². The summed E-state index contributed by atoms with van der Waals surface area (Å²) in [6.45, 7) is 1.70. The fraction of sp³-hybridized carbons (Fsp3) is 0.100. The van der Waals surface area contributed by atoms with E-state index in [1.54, 1.807) is 35.9 Å². The zero-order chi connectivity index (χ0) is 11.7. The van der Waals surface area contributed by atoms with Crippen molar-refractivity contribution in [3.63, 3.8) is 0 Å². The van der Waals surface area contributed by atoms with Crippen molar-refractivity contribution in [3.8, 4) is 5.69 Å². The van der Waals surface area contributed by atoms with Crippen LogP contribution in [0.2, 0.25) is 5.02 Å². The Bertz CT molecular complexity index is 542. The zero-order valence-electron chi connectivity index (χ0n) is 9.38. The van der Waals surface area contributed by atoms with Gasteiger partial charge in [0.1, 0.15) is 0 Å². The van der Waals surface area contributed by atoms with Gasteiger partial charge in [0.25, 0.3) is 0 Å². The van der Waals surface area contributed by atoms with Crippen molar-refractivity contribution in [3.05, 3.63) is 41.2 Å². The first kappa shape index (κ1) is 14.9. The second-order valence-electron chi connectivity index (χ2n) is 3.22. The Morgan fingerprint density at radius 1 is 1.35 bits per heavy atom. The van der Waals surface area contributed by atoms with Gasteiger partial charge in [0.2, 0.25) is 0 Å². The van der Waals surface area contributed by atoms with Crippen LogP contribution in [-0.4, -0.2) is 18.5 Å². The molecule has 1 aromatic heterocycles. The largest absolute Gasteiger partial charge is 1.00 e. The third-order valence-electron chi connectivity index (χ3n) is 2.22. The van der Waals surface area contributed by atoms with Crippen LogP contribution in [0.25, 0.3) is 5.69 Å². The van der Waals surface area contributed by atoms with E-state index in [1.165, 1.54) is 6.20 Å². The maximum absolute atomic E-state index is 10.8. The summed E-state index contributed by atoms with van der Waals surface area (Å²) in [5.74, 6) is 0. The van der Waals surface area contributed by atoms with E-state index in [1.807, 2.05) is 0 Å². The summed E-state index contributed by atoms with van der Waals surface area (Å²) < 4.78 is 23.2. The van der Waals surface area contributed by atoms with Crippen molar-refractivity contribution in [1.82, 2.24) is 9.78 Å². The zero-order valence-corrected chi connectivity index (χ0v) is 13.0. The molecule has 17 heavy (non-hydrogen) atoms. The van der Waals surface area contributed by atoms with Gasteiger partial charge in [0.15, 0.2) is 0 Å².